The number of thiazole rings is 1. The van der Waals surface area contributed by atoms with E-state index in [9.17, 15) is 14.7 Å². The van der Waals surface area contributed by atoms with Crippen LogP contribution in [-0.4, -0.2) is 46.7 Å². The Morgan fingerprint density at radius 2 is 2.11 bits per heavy atom. The summed E-state index contributed by atoms with van der Waals surface area (Å²) in [5, 5.41) is 19.4. The maximum atomic E-state index is 12.2. The Kier molecular flexibility index (Phi) is 5.61. The maximum absolute atomic E-state index is 12.2. The minimum absolute atomic E-state index is 0.0437. The van der Waals surface area contributed by atoms with Gasteiger partial charge in [0.15, 0.2) is 9.67 Å². The van der Waals surface area contributed by atoms with Crippen LogP contribution in [0, 0.1) is 3.95 Å². The Bertz CT molecular complexity index is 1080. The summed E-state index contributed by atoms with van der Waals surface area (Å²) in [7, 11) is 2.79. The molecule has 2 aromatic rings. The number of hydrogen-bond acceptors (Lipinski definition) is 8. The van der Waals surface area contributed by atoms with E-state index < -0.39 is 11.9 Å². The first kappa shape index (κ1) is 19.8. The lowest BCUT2D eigenvalue weighted by Crippen LogP contribution is -2.14. The van der Waals surface area contributed by atoms with E-state index >= 15 is 0 Å². The Morgan fingerprint density at radius 1 is 1.36 bits per heavy atom. The monoisotopic (exact) mass is 420 g/mol. The highest BCUT2D eigenvalue weighted by molar-refractivity contribution is 7.73. The first-order valence-electron chi connectivity index (χ1n) is 8.07. The lowest BCUT2D eigenvalue weighted by atomic mass is 10.0. The molecule has 8 nitrogen and oxygen atoms in total. The topological polar surface area (TPSA) is 110 Å². The van der Waals surface area contributed by atoms with E-state index in [4.69, 9.17) is 26.8 Å². The molecule has 0 amide bonds. The largest absolute Gasteiger partial charge is 0.497 e. The van der Waals surface area contributed by atoms with Crippen molar-refractivity contribution in [3.8, 4) is 11.6 Å². The molecule has 0 saturated carbocycles. The minimum Gasteiger partial charge on any atom is -0.497 e. The summed E-state index contributed by atoms with van der Waals surface area (Å²) in [6.45, 7) is 0.0437. The summed E-state index contributed by atoms with van der Waals surface area (Å²) in [6.07, 6.45) is 1.41. The van der Waals surface area contributed by atoms with Crippen molar-refractivity contribution in [3.63, 3.8) is 0 Å². The average molecular weight is 420 g/mol. The number of carboxylic acid groups (broad SMARTS) is 1. The number of benzene rings is 1. The van der Waals surface area contributed by atoms with Gasteiger partial charge >= 0.3 is 11.9 Å². The van der Waals surface area contributed by atoms with Gasteiger partial charge in [-0.1, -0.05) is 0 Å². The second kappa shape index (κ2) is 7.95. The minimum atomic E-state index is -0.996. The number of aromatic nitrogens is 1. The third-order valence-electron chi connectivity index (χ3n) is 4.08. The molecule has 2 heterocycles. The van der Waals surface area contributed by atoms with Crippen molar-refractivity contribution >= 4 is 58.5 Å². The zero-order valence-corrected chi connectivity index (χ0v) is 16.6. The summed E-state index contributed by atoms with van der Waals surface area (Å²) >= 11 is 6.34. The Morgan fingerprint density at radius 3 is 2.75 bits per heavy atom. The molecule has 1 aliphatic rings. The van der Waals surface area contributed by atoms with Crippen molar-refractivity contribution < 1.29 is 29.3 Å². The van der Waals surface area contributed by atoms with Crippen LogP contribution in [0.4, 0.5) is 5.69 Å². The van der Waals surface area contributed by atoms with Crippen molar-refractivity contribution in [1.29, 1.82) is 0 Å². The van der Waals surface area contributed by atoms with Crippen LogP contribution in [0.5, 0.6) is 11.6 Å². The normalized spacial score (nSPS) is 13.9. The second-order valence-corrected chi connectivity index (χ2v) is 7.42. The van der Waals surface area contributed by atoms with E-state index in [0.717, 1.165) is 11.3 Å². The number of ether oxygens (including phenoxy) is 2. The standard InChI is InChI=1S/C18H16N2O6S2/c1-25-9-3-4-12-10(7-9)11(15(19-12)17(24)26-2)8-13-16(23)20(18(27)28-13)6-5-14(21)22/h3-4,7-8,23H,5-6H2,1-2H3,(H,21,22). The molecule has 0 unspecified atom stereocenters. The number of aromatic hydroxyl groups is 1. The number of carbonyl (C=O) groups is 2. The third kappa shape index (κ3) is 3.69. The predicted molar refractivity (Wildman–Crippen MR) is 107 cm³/mol. The van der Waals surface area contributed by atoms with E-state index in [0.29, 0.717) is 31.4 Å². The van der Waals surface area contributed by atoms with E-state index in [2.05, 4.69) is 4.99 Å². The Hall–Kier alpha value is -2.98. The molecular weight excluding hydrogens is 404 g/mol. The van der Waals surface area contributed by atoms with Gasteiger partial charge in [0, 0.05) is 17.7 Å². The average Bonchev–Trinajstić information content (AvgIpc) is 3.16. The number of carboxylic acids is 1. The highest BCUT2D eigenvalue weighted by atomic mass is 32.1. The molecule has 0 radical (unpaired) electrons. The third-order valence-corrected chi connectivity index (χ3v) is 5.46. The smallest absolute Gasteiger partial charge is 0.357 e. The molecule has 0 spiro atoms. The van der Waals surface area contributed by atoms with Gasteiger partial charge in [-0.3, -0.25) is 9.36 Å². The van der Waals surface area contributed by atoms with Gasteiger partial charge in [0.2, 0.25) is 5.88 Å². The van der Waals surface area contributed by atoms with Gasteiger partial charge in [-0.05, 0) is 36.5 Å². The van der Waals surface area contributed by atoms with Crippen molar-refractivity contribution in [1.82, 2.24) is 4.57 Å². The fraction of sp³-hybridized carbons (Fsp3) is 0.222. The lowest BCUT2D eigenvalue weighted by molar-refractivity contribution is -0.137. The lowest BCUT2D eigenvalue weighted by Gasteiger charge is -2.06. The van der Waals surface area contributed by atoms with Crippen molar-refractivity contribution in [2.45, 2.75) is 13.0 Å². The SMILES string of the molecule is COC(=O)C1=Nc2ccc(OC)cc2C1=Cc1sc(=S)n(CCC(=O)O)c1O. The van der Waals surface area contributed by atoms with E-state index in [-0.39, 0.29) is 24.6 Å². The quantitative estimate of drug-likeness (QED) is 0.545. The van der Waals surface area contributed by atoms with Gasteiger partial charge in [-0.2, -0.15) is 0 Å². The van der Waals surface area contributed by atoms with Gasteiger partial charge in [-0.25, -0.2) is 9.79 Å². The van der Waals surface area contributed by atoms with Crippen LogP contribution >= 0.6 is 23.6 Å². The summed E-state index contributed by atoms with van der Waals surface area (Å²) in [5.74, 6) is -1.19. The molecule has 146 valence electrons. The number of rotatable bonds is 6. The number of fused-ring (bicyclic) bond motifs is 1. The molecule has 2 N–H and O–H groups in total. The first-order chi connectivity index (χ1) is 13.3. The molecular formula is C18H16N2O6S2. The molecule has 10 heteroatoms. The zero-order valence-electron chi connectivity index (χ0n) is 15.0. The number of hydrogen-bond donors (Lipinski definition) is 2. The van der Waals surface area contributed by atoms with Crippen LogP contribution in [-0.2, 0) is 20.9 Å². The molecule has 0 saturated heterocycles. The molecule has 0 atom stereocenters. The highest BCUT2D eigenvalue weighted by Gasteiger charge is 2.28. The molecule has 1 aliphatic heterocycles. The molecule has 3 rings (SSSR count). The van der Waals surface area contributed by atoms with Crippen LogP contribution in [0.15, 0.2) is 23.2 Å². The summed E-state index contributed by atoms with van der Waals surface area (Å²) in [6, 6.07) is 5.18. The molecule has 1 aromatic heterocycles. The molecule has 0 bridgehead atoms. The maximum Gasteiger partial charge on any atom is 0.357 e. The number of methoxy groups -OCH3 is 2. The van der Waals surface area contributed by atoms with Gasteiger partial charge in [0.25, 0.3) is 0 Å². The molecule has 28 heavy (non-hydrogen) atoms. The van der Waals surface area contributed by atoms with Crippen LogP contribution in [0.25, 0.3) is 11.6 Å². The first-order valence-corrected chi connectivity index (χ1v) is 9.30. The molecule has 1 aromatic carbocycles. The van der Waals surface area contributed by atoms with Gasteiger partial charge in [0.05, 0.1) is 31.2 Å². The van der Waals surface area contributed by atoms with Crippen LogP contribution in [0.3, 0.4) is 0 Å². The van der Waals surface area contributed by atoms with Crippen LogP contribution < -0.4 is 4.74 Å². The Balaban J connectivity index is 2.10. The number of aliphatic imine (C=N–C) groups is 1. The van der Waals surface area contributed by atoms with E-state index in [1.807, 2.05) is 0 Å². The molecule has 0 fully saturated rings. The van der Waals surface area contributed by atoms with Gasteiger partial charge < -0.3 is 19.7 Å². The second-order valence-electron chi connectivity index (χ2n) is 5.74. The van der Waals surface area contributed by atoms with Crippen LogP contribution in [0.1, 0.15) is 16.9 Å². The van der Waals surface area contributed by atoms with Crippen molar-refractivity contribution in [2.24, 2.45) is 4.99 Å². The summed E-state index contributed by atoms with van der Waals surface area (Å²) < 4.78 is 11.7. The van der Waals surface area contributed by atoms with Crippen LogP contribution in [0.2, 0.25) is 0 Å². The van der Waals surface area contributed by atoms with E-state index in [1.165, 1.54) is 18.8 Å². The predicted octanol–water partition coefficient (Wildman–Crippen LogP) is 3.27. The van der Waals surface area contributed by atoms with E-state index in [1.54, 1.807) is 24.3 Å². The Labute approximate surface area is 169 Å². The number of esters is 1. The van der Waals surface area contributed by atoms with Crippen molar-refractivity contribution in [2.75, 3.05) is 14.2 Å². The molecule has 0 aliphatic carbocycles. The summed E-state index contributed by atoms with van der Waals surface area (Å²) in [5.41, 5.74) is 1.77. The summed E-state index contributed by atoms with van der Waals surface area (Å²) in [4.78, 5) is 27.7. The van der Waals surface area contributed by atoms with Gasteiger partial charge in [0.1, 0.15) is 5.75 Å². The van der Waals surface area contributed by atoms with Crippen molar-refractivity contribution in [3.05, 3.63) is 32.6 Å². The fourth-order valence-electron chi connectivity index (χ4n) is 2.71. The fourth-order valence-corrected chi connectivity index (χ4v) is 4.01. The zero-order chi connectivity index (χ0) is 20.4. The van der Waals surface area contributed by atoms with Gasteiger partial charge in [-0.15, -0.1) is 11.3 Å². The number of carbonyl (C=O) groups excluding carboxylic acids is 1. The number of aliphatic carboxylic acids is 1. The highest BCUT2D eigenvalue weighted by Crippen LogP contribution is 2.40. The number of nitrogens with zero attached hydrogens (tertiary/aromatic N) is 2.